The van der Waals surface area contributed by atoms with Gasteiger partial charge in [-0.3, -0.25) is 4.79 Å². The van der Waals surface area contributed by atoms with Crippen molar-refractivity contribution in [2.45, 2.75) is 13.0 Å². The molecule has 0 fully saturated rings. The molecule has 0 aliphatic rings. The quantitative estimate of drug-likeness (QED) is 0.715. The molecule has 0 saturated carbocycles. The van der Waals surface area contributed by atoms with Gasteiger partial charge in [0.1, 0.15) is 5.82 Å². The highest BCUT2D eigenvalue weighted by Crippen LogP contribution is 2.20. The van der Waals surface area contributed by atoms with Crippen LogP contribution in [0.5, 0.6) is 0 Å². The first kappa shape index (κ1) is 16.1. The van der Waals surface area contributed by atoms with E-state index >= 15 is 0 Å². The minimum atomic E-state index is -0.286. The number of hydrogen-bond acceptors (Lipinski definition) is 4. The van der Waals surface area contributed by atoms with Crippen molar-refractivity contribution in [1.29, 1.82) is 0 Å². The summed E-state index contributed by atoms with van der Waals surface area (Å²) in [5.41, 5.74) is 2.53. The minimum Gasteiger partial charge on any atom is -0.352 e. The fourth-order valence-electron chi connectivity index (χ4n) is 2.12. The molecule has 1 aromatic heterocycles. The van der Waals surface area contributed by atoms with Gasteiger partial charge in [0.15, 0.2) is 5.13 Å². The Labute approximate surface area is 143 Å². The molecule has 0 spiro atoms. The molecule has 2 aromatic carbocycles. The summed E-state index contributed by atoms with van der Waals surface area (Å²) >= 11 is 1.46. The van der Waals surface area contributed by atoms with Crippen LogP contribution in [0.1, 0.15) is 11.3 Å². The molecule has 1 amide bonds. The standard InChI is InChI=1S/C18H16FN3OS/c19-14-8-6-13(7-9-14)11-20-17(23)10-16-12-24-18(22-16)21-15-4-2-1-3-5-15/h1-9,12H,10-11H2,(H,20,23)(H,21,22). The molecule has 0 aliphatic carbocycles. The van der Waals surface area contributed by atoms with Crippen molar-refractivity contribution in [2.24, 2.45) is 0 Å². The number of para-hydroxylation sites is 1. The van der Waals surface area contributed by atoms with Crippen LogP contribution in [-0.4, -0.2) is 10.9 Å². The predicted molar refractivity (Wildman–Crippen MR) is 93.8 cm³/mol. The van der Waals surface area contributed by atoms with Crippen molar-refractivity contribution in [3.63, 3.8) is 0 Å². The van der Waals surface area contributed by atoms with E-state index < -0.39 is 0 Å². The number of thiazole rings is 1. The van der Waals surface area contributed by atoms with E-state index in [0.29, 0.717) is 6.54 Å². The number of carbonyl (C=O) groups excluding carboxylic acids is 1. The second-order valence-corrected chi connectivity index (χ2v) is 6.07. The van der Waals surface area contributed by atoms with Crippen molar-refractivity contribution < 1.29 is 9.18 Å². The first-order valence-corrected chi connectivity index (χ1v) is 8.34. The minimum absolute atomic E-state index is 0.115. The summed E-state index contributed by atoms with van der Waals surface area (Å²) in [5.74, 6) is -0.401. The van der Waals surface area contributed by atoms with E-state index in [1.54, 1.807) is 12.1 Å². The van der Waals surface area contributed by atoms with Gasteiger partial charge >= 0.3 is 0 Å². The smallest absolute Gasteiger partial charge is 0.226 e. The second kappa shape index (κ2) is 7.70. The summed E-state index contributed by atoms with van der Waals surface area (Å²) in [5, 5.41) is 8.63. The van der Waals surface area contributed by atoms with E-state index in [-0.39, 0.29) is 18.1 Å². The molecular formula is C18H16FN3OS. The van der Waals surface area contributed by atoms with Crippen molar-refractivity contribution in [3.05, 3.63) is 77.1 Å². The number of rotatable bonds is 6. The number of benzene rings is 2. The van der Waals surface area contributed by atoms with E-state index in [1.807, 2.05) is 35.7 Å². The molecule has 3 aromatic rings. The molecular weight excluding hydrogens is 325 g/mol. The molecule has 1 heterocycles. The normalized spacial score (nSPS) is 10.4. The molecule has 0 radical (unpaired) electrons. The number of halogens is 1. The Morgan fingerprint density at radius 3 is 2.58 bits per heavy atom. The van der Waals surface area contributed by atoms with Crippen LogP contribution in [0.4, 0.5) is 15.2 Å². The lowest BCUT2D eigenvalue weighted by Crippen LogP contribution is -2.24. The van der Waals surface area contributed by atoms with Crippen molar-refractivity contribution in [1.82, 2.24) is 10.3 Å². The zero-order valence-corrected chi connectivity index (χ0v) is 13.6. The number of hydrogen-bond donors (Lipinski definition) is 2. The number of amides is 1. The van der Waals surface area contributed by atoms with Gasteiger partial charge in [0.05, 0.1) is 12.1 Å². The predicted octanol–water partition coefficient (Wildman–Crippen LogP) is 3.88. The molecule has 6 heteroatoms. The molecule has 2 N–H and O–H groups in total. The maximum atomic E-state index is 12.8. The zero-order valence-electron chi connectivity index (χ0n) is 12.8. The van der Waals surface area contributed by atoms with Crippen LogP contribution in [0.25, 0.3) is 0 Å². The molecule has 4 nitrogen and oxygen atoms in total. The molecule has 3 rings (SSSR count). The molecule has 0 unspecified atom stereocenters. The Morgan fingerprint density at radius 2 is 1.83 bits per heavy atom. The SMILES string of the molecule is O=C(Cc1csc(Nc2ccccc2)n1)NCc1ccc(F)cc1. The van der Waals surface area contributed by atoms with Gasteiger partial charge in [-0.05, 0) is 29.8 Å². The van der Waals surface area contributed by atoms with E-state index in [9.17, 15) is 9.18 Å². The third-order valence-electron chi connectivity index (χ3n) is 3.32. The Hall–Kier alpha value is -2.73. The zero-order chi connectivity index (χ0) is 16.8. The maximum Gasteiger partial charge on any atom is 0.226 e. The topological polar surface area (TPSA) is 54.0 Å². The van der Waals surface area contributed by atoms with Gasteiger partial charge in [0, 0.05) is 17.6 Å². The summed E-state index contributed by atoms with van der Waals surface area (Å²) in [4.78, 5) is 16.4. The van der Waals surface area contributed by atoms with Gasteiger partial charge in [-0.2, -0.15) is 0 Å². The number of anilines is 2. The van der Waals surface area contributed by atoms with Crippen LogP contribution in [0.3, 0.4) is 0 Å². The molecule has 0 bridgehead atoms. The maximum absolute atomic E-state index is 12.8. The van der Waals surface area contributed by atoms with Gasteiger partial charge in [0.2, 0.25) is 5.91 Å². The lowest BCUT2D eigenvalue weighted by Gasteiger charge is -2.04. The lowest BCUT2D eigenvalue weighted by atomic mass is 10.2. The van der Waals surface area contributed by atoms with Gasteiger partial charge < -0.3 is 10.6 Å². The van der Waals surface area contributed by atoms with Crippen LogP contribution >= 0.6 is 11.3 Å². The summed E-state index contributed by atoms with van der Waals surface area (Å²) in [7, 11) is 0. The highest BCUT2D eigenvalue weighted by Gasteiger charge is 2.08. The van der Waals surface area contributed by atoms with Crippen molar-refractivity contribution >= 4 is 28.1 Å². The first-order chi connectivity index (χ1) is 11.7. The Balaban J connectivity index is 1.50. The fraction of sp³-hybridized carbons (Fsp3) is 0.111. The lowest BCUT2D eigenvalue weighted by molar-refractivity contribution is -0.120. The third-order valence-corrected chi connectivity index (χ3v) is 4.13. The number of aromatic nitrogens is 1. The molecule has 0 saturated heterocycles. The summed E-state index contributed by atoms with van der Waals surface area (Å²) in [6.45, 7) is 0.373. The van der Waals surface area contributed by atoms with Crippen LogP contribution < -0.4 is 10.6 Å². The van der Waals surface area contributed by atoms with Gasteiger partial charge in [-0.25, -0.2) is 9.37 Å². The average molecular weight is 341 g/mol. The molecule has 122 valence electrons. The van der Waals surface area contributed by atoms with Gasteiger partial charge in [-0.15, -0.1) is 11.3 Å². The number of nitrogens with one attached hydrogen (secondary N) is 2. The third kappa shape index (κ3) is 4.63. The monoisotopic (exact) mass is 341 g/mol. The first-order valence-electron chi connectivity index (χ1n) is 7.47. The number of nitrogens with zero attached hydrogens (tertiary/aromatic N) is 1. The van der Waals surface area contributed by atoms with Crippen LogP contribution in [0.15, 0.2) is 60.0 Å². The fourth-order valence-corrected chi connectivity index (χ4v) is 2.85. The van der Waals surface area contributed by atoms with E-state index in [1.165, 1.54) is 23.5 Å². The van der Waals surface area contributed by atoms with E-state index in [2.05, 4.69) is 15.6 Å². The summed E-state index contributed by atoms with van der Waals surface area (Å²) in [6, 6.07) is 15.8. The highest BCUT2D eigenvalue weighted by molar-refractivity contribution is 7.13. The Kier molecular flexibility index (Phi) is 5.18. The van der Waals surface area contributed by atoms with Crippen LogP contribution in [0, 0.1) is 5.82 Å². The largest absolute Gasteiger partial charge is 0.352 e. The van der Waals surface area contributed by atoms with E-state index in [0.717, 1.165) is 22.1 Å². The summed E-state index contributed by atoms with van der Waals surface area (Å²) < 4.78 is 12.8. The van der Waals surface area contributed by atoms with E-state index in [4.69, 9.17) is 0 Å². The summed E-state index contributed by atoms with van der Waals surface area (Å²) in [6.07, 6.45) is 0.216. The van der Waals surface area contributed by atoms with Gasteiger partial charge in [0.25, 0.3) is 0 Å². The van der Waals surface area contributed by atoms with Crippen LogP contribution in [-0.2, 0) is 17.8 Å². The number of carbonyl (C=O) groups is 1. The van der Waals surface area contributed by atoms with Gasteiger partial charge in [-0.1, -0.05) is 30.3 Å². The highest BCUT2D eigenvalue weighted by atomic mass is 32.1. The molecule has 0 atom stereocenters. The second-order valence-electron chi connectivity index (χ2n) is 5.21. The average Bonchev–Trinajstić information content (AvgIpc) is 3.02. The molecule has 0 aliphatic heterocycles. The Bertz CT molecular complexity index is 803. The van der Waals surface area contributed by atoms with Crippen LogP contribution in [0.2, 0.25) is 0 Å². The molecule has 24 heavy (non-hydrogen) atoms. The Morgan fingerprint density at radius 1 is 1.08 bits per heavy atom. The van der Waals surface area contributed by atoms with Crippen molar-refractivity contribution in [3.8, 4) is 0 Å². The van der Waals surface area contributed by atoms with Crippen molar-refractivity contribution in [2.75, 3.05) is 5.32 Å².